The van der Waals surface area contributed by atoms with Gasteiger partial charge in [0.1, 0.15) is 15.7 Å². The standard InChI is InChI=1S/C21H26N6O4S2/c1-23-12-15(10-22)27-9-7-17-19(21(27)28)32-20(25-17)14-5-6-18(24-11-14)26-8-3-4-16(13-26)31-33(2,29)30/h5-6,10-12,16H,3-4,7-9,13,22H2,1-2H3/t16-/m0/s1. The lowest BCUT2D eigenvalue weighted by molar-refractivity contribution is 0.0805. The Bertz CT molecular complexity index is 1190. The van der Waals surface area contributed by atoms with Crippen molar-refractivity contribution in [3.05, 3.63) is 40.8 Å². The fourth-order valence-electron chi connectivity index (χ4n) is 4.01. The number of nitrogens with zero attached hydrogens (tertiary/aromatic N) is 5. The zero-order valence-corrected chi connectivity index (χ0v) is 20.1. The van der Waals surface area contributed by atoms with Crippen molar-refractivity contribution in [3.8, 4) is 10.6 Å². The van der Waals surface area contributed by atoms with Crippen LogP contribution >= 0.6 is 11.3 Å². The van der Waals surface area contributed by atoms with E-state index in [2.05, 4.69) is 15.0 Å². The molecule has 0 bridgehead atoms. The van der Waals surface area contributed by atoms with Crippen LogP contribution in [0.1, 0.15) is 28.2 Å². The zero-order chi connectivity index (χ0) is 23.6. The van der Waals surface area contributed by atoms with E-state index in [0.717, 1.165) is 41.3 Å². The van der Waals surface area contributed by atoms with Gasteiger partial charge in [-0.05, 0) is 25.0 Å². The van der Waals surface area contributed by atoms with Crippen molar-refractivity contribution in [3.63, 3.8) is 0 Å². The van der Waals surface area contributed by atoms with Gasteiger partial charge < -0.3 is 15.5 Å². The minimum Gasteiger partial charge on any atom is -0.403 e. The third kappa shape index (κ3) is 5.23. The van der Waals surface area contributed by atoms with E-state index < -0.39 is 10.1 Å². The molecule has 0 saturated carbocycles. The van der Waals surface area contributed by atoms with Crippen LogP contribution in [0.15, 0.2) is 35.2 Å². The molecule has 1 fully saturated rings. The number of carbonyl (C=O) groups is 1. The number of aliphatic imine (C=N–C) groups is 1. The molecule has 4 rings (SSSR count). The van der Waals surface area contributed by atoms with Crippen molar-refractivity contribution >= 4 is 39.4 Å². The van der Waals surface area contributed by atoms with E-state index in [1.54, 1.807) is 24.4 Å². The van der Waals surface area contributed by atoms with Crippen molar-refractivity contribution < 1.29 is 17.4 Å². The van der Waals surface area contributed by atoms with Crippen molar-refractivity contribution in [2.75, 3.05) is 37.8 Å². The molecule has 0 spiro atoms. The minimum absolute atomic E-state index is 0.133. The van der Waals surface area contributed by atoms with E-state index in [0.29, 0.717) is 36.5 Å². The van der Waals surface area contributed by atoms with E-state index >= 15 is 0 Å². The predicted molar refractivity (Wildman–Crippen MR) is 128 cm³/mol. The number of allylic oxidation sites excluding steroid dienone is 1. The van der Waals surface area contributed by atoms with Crippen LogP contribution in [-0.2, 0) is 20.7 Å². The normalized spacial score (nSPS) is 19.9. The van der Waals surface area contributed by atoms with Crippen LogP contribution in [0, 0.1) is 0 Å². The molecule has 0 unspecified atom stereocenters. The monoisotopic (exact) mass is 490 g/mol. The van der Waals surface area contributed by atoms with Crippen LogP contribution < -0.4 is 10.6 Å². The second kappa shape index (κ2) is 9.57. The van der Waals surface area contributed by atoms with Crippen LogP contribution in [0.2, 0.25) is 0 Å². The molecule has 2 aliphatic heterocycles. The summed E-state index contributed by atoms with van der Waals surface area (Å²) in [7, 11) is -1.86. The Morgan fingerprint density at radius 2 is 2.18 bits per heavy atom. The number of hydrogen-bond donors (Lipinski definition) is 1. The first kappa shape index (κ1) is 23.3. The molecule has 12 heteroatoms. The van der Waals surface area contributed by atoms with Crippen LogP contribution in [-0.4, -0.2) is 74.4 Å². The number of thiazole rings is 1. The van der Waals surface area contributed by atoms with Gasteiger partial charge in [-0.3, -0.25) is 14.0 Å². The van der Waals surface area contributed by atoms with Gasteiger partial charge in [0.05, 0.1) is 23.8 Å². The first-order valence-electron chi connectivity index (χ1n) is 10.5. The van der Waals surface area contributed by atoms with Gasteiger partial charge in [-0.1, -0.05) is 0 Å². The number of pyridine rings is 1. The molecule has 0 aromatic carbocycles. The van der Waals surface area contributed by atoms with Gasteiger partial charge in [-0.25, -0.2) is 9.97 Å². The molecule has 2 aromatic rings. The average molecular weight is 491 g/mol. The molecule has 0 radical (unpaired) electrons. The van der Waals surface area contributed by atoms with Gasteiger partial charge in [0, 0.05) is 57.3 Å². The minimum atomic E-state index is -3.50. The van der Waals surface area contributed by atoms with E-state index in [1.807, 2.05) is 17.0 Å². The Balaban J connectivity index is 1.50. The van der Waals surface area contributed by atoms with Crippen LogP contribution in [0.4, 0.5) is 5.82 Å². The molecule has 2 aliphatic rings. The first-order valence-corrected chi connectivity index (χ1v) is 13.2. The SMILES string of the molecule is CN=CC(=CN)N1CCc2nc(-c3ccc(N4CCC[C@H](OS(C)(=O)=O)C4)nc3)sc2C1=O. The summed E-state index contributed by atoms with van der Waals surface area (Å²) >= 11 is 1.34. The Labute approximate surface area is 196 Å². The molecule has 10 nitrogen and oxygen atoms in total. The summed E-state index contributed by atoms with van der Waals surface area (Å²) in [5.74, 6) is 0.618. The maximum Gasteiger partial charge on any atom is 0.270 e. The lowest BCUT2D eigenvalue weighted by atomic mass is 10.1. The van der Waals surface area contributed by atoms with Crippen molar-refractivity contribution in [1.82, 2.24) is 14.9 Å². The smallest absolute Gasteiger partial charge is 0.270 e. The molecular formula is C21H26N6O4S2. The Hall–Kier alpha value is -2.83. The maximum absolute atomic E-state index is 13.0. The molecule has 2 N–H and O–H groups in total. The number of amides is 1. The van der Waals surface area contributed by atoms with E-state index in [9.17, 15) is 13.2 Å². The highest BCUT2D eigenvalue weighted by molar-refractivity contribution is 7.86. The van der Waals surface area contributed by atoms with E-state index in [-0.39, 0.29) is 12.0 Å². The van der Waals surface area contributed by atoms with Crippen LogP contribution in [0.5, 0.6) is 0 Å². The number of fused-ring (bicyclic) bond motifs is 1. The average Bonchev–Trinajstić information content (AvgIpc) is 3.23. The molecule has 2 aromatic heterocycles. The molecule has 0 aliphatic carbocycles. The van der Waals surface area contributed by atoms with Gasteiger partial charge in [0.25, 0.3) is 16.0 Å². The molecule has 4 heterocycles. The Morgan fingerprint density at radius 3 is 2.85 bits per heavy atom. The van der Waals surface area contributed by atoms with Crippen molar-refractivity contribution in [2.24, 2.45) is 10.7 Å². The second-order valence-corrected chi connectivity index (χ2v) is 10.5. The summed E-state index contributed by atoms with van der Waals surface area (Å²) in [6.45, 7) is 1.74. The van der Waals surface area contributed by atoms with Crippen LogP contribution in [0.3, 0.4) is 0 Å². The van der Waals surface area contributed by atoms with Gasteiger partial charge in [-0.15, -0.1) is 11.3 Å². The molecule has 1 amide bonds. The lowest BCUT2D eigenvalue weighted by Crippen LogP contribution is -2.40. The summed E-state index contributed by atoms with van der Waals surface area (Å²) in [6.07, 6.45) is 7.53. The van der Waals surface area contributed by atoms with Gasteiger partial charge in [-0.2, -0.15) is 8.42 Å². The molecular weight excluding hydrogens is 464 g/mol. The maximum atomic E-state index is 13.0. The third-order valence-electron chi connectivity index (χ3n) is 5.46. The second-order valence-electron chi connectivity index (χ2n) is 7.90. The predicted octanol–water partition coefficient (Wildman–Crippen LogP) is 1.65. The van der Waals surface area contributed by atoms with E-state index in [1.165, 1.54) is 17.5 Å². The third-order valence-corrected chi connectivity index (χ3v) is 7.22. The number of rotatable bonds is 6. The summed E-state index contributed by atoms with van der Waals surface area (Å²) in [5.41, 5.74) is 7.84. The number of carbonyl (C=O) groups excluding carboxylic acids is 1. The molecule has 1 saturated heterocycles. The molecule has 33 heavy (non-hydrogen) atoms. The zero-order valence-electron chi connectivity index (χ0n) is 18.5. The number of nitrogens with two attached hydrogens (primary N) is 1. The summed E-state index contributed by atoms with van der Waals surface area (Å²) in [5, 5.41) is 0.730. The number of anilines is 1. The van der Waals surface area contributed by atoms with Crippen molar-refractivity contribution in [1.29, 1.82) is 0 Å². The summed E-state index contributed by atoms with van der Waals surface area (Å²) < 4.78 is 28.1. The Kier molecular flexibility index (Phi) is 6.77. The van der Waals surface area contributed by atoms with Crippen molar-refractivity contribution in [2.45, 2.75) is 25.4 Å². The highest BCUT2D eigenvalue weighted by atomic mass is 32.2. The lowest BCUT2D eigenvalue weighted by Gasteiger charge is -2.32. The number of piperidine rings is 1. The largest absolute Gasteiger partial charge is 0.403 e. The fraction of sp³-hybridized carbons (Fsp3) is 0.429. The number of hydrogen-bond acceptors (Lipinski definition) is 10. The number of aromatic nitrogens is 2. The van der Waals surface area contributed by atoms with E-state index in [4.69, 9.17) is 9.92 Å². The quantitative estimate of drug-likeness (QED) is 0.478. The Morgan fingerprint density at radius 1 is 1.36 bits per heavy atom. The fourth-order valence-corrected chi connectivity index (χ4v) is 5.71. The van der Waals surface area contributed by atoms with Gasteiger partial charge >= 0.3 is 0 Å². The highest BCUT2D eigenvalue weighted by Gasteiger charge is 2.30. The van der Waals surface area contributed by atoms with Gasteiger partial charge in [0.2, 0.25) is 0 Å². The summed E-state index contributed by atoms with van der Waals surface area (Å²) in [6, 6.07) is 3.81. The first-order chi connectivity index (χ1) is 15.8. The topological polar surface area (TPSA) is 131 Å². The molecule has 1 atom stereocenters. The summed E-state index contributed by atoms with van der Waals surface area (Å²) in [4.78, 5) is 30.4. The molecule has 176 valence electrons. The highest BCUT2D eigenvalue weighted by Crippen LogP contribution is 2.33. The van der Waals surface area contributed by atoms with Gasteiger partial charge in [0.15, 0.2) is 0 Å². The van der Waals surface area contributed by atoms with Crippen LogP contribution in [0.25, 0.3) is 10.6 Å².